The number of halogens is 1. The molecule has 0 radical (unpaired) electrons. The number of rotatable bonds is 2. The lowest BCUT2D eigenvalue weighted by atomic mass is 9.82. The zero-order valence-corrected chi connectivity index (χ0v) is 15.0. The van der Waals surface area contributed by atoms with Crippen LogP contribution in [-0.4, -0.2) is 32.7 Å². The van der Waals surface area contributed by atoms with Crippen LogP contribution in [0.2, 0.25) is 0 Å². The number of likely N-dealkylation sites (N-methyl/N-ethyl adjacent to an activating group) is 1. The molecule has 24 heavy (non-hydrogen) atoms. The number of para-hydroxylation sites is 1. The first kappa shape index (κ1) is 16.9. The SMILES string of the molecule is COc1cc2c(cc1OC)C1(Cc3ccccc3O1)CN(C)C2.Cl. The fraction of sp³-hybridized carbons (Fsp3) is 0.368. The van der Waals surface area contributed by atoms with Gasteiger partial charge < -0.3 is 14.2 Å². The van der Waals surface area contributed by atoms with Crippen molar-refractivity contribution in [3.05, 3.63) is 53.1 Å². The fourth-order valence-corrected chi connectivity index (χ4v) is 3.89. The maximum absolute atomic E-state index is 6.47. The molecular weight excluding hydrogens is 326 g/mol. The summed E-state index contributed by atoms with van der Waals surface area (Å²) in [4.78, 5) is 2.31. The summed E-state index contributed by atoms with van der Waals surface area (Å²) in [7, 11) is 5.48. The summed E-state index contributed by atoms with van der Waals surface area (Å²) in [6, 6.07) is 12.5. The van der Waals surface area contributed by atoms with Crippen molar-refractivity contribution in [1.82, 2.24) is 4.90 Å². The highest BCUT2D eigenvalue weighted by atomic mass is 35.5. The van der Waals surface area contributed by atoms with Gasteiger partial charge in [0.25, 0.3) is 0 Å². The highest BCUT2D eigenvalue weighted by Gasteiger charge is 2.46. The molecule has 0 bridgehead atoms. The Kier molecular flexibility index (Phi) is 4.37. The van der Waals surface area contributed by atoms with Crippen molar-refractivity contribution in [3.8, 4) is 17.2 Å². The minimum absolute atomic E-state index is 0. The van der Waals surface area contributed by atoms with E-state index < -0.39 is 0 Å². The number of methoxy groups -OCH3 is 2. The average molecular weight is 348 g/mol. The molecule has 1 spiro atoms. The molecule has 4 nitrogen and oxygen atoms in total. The van der Waals surface area contributed by atoms with Gasteiger partial charge in [-0.05, 0) is 36.4 Å². The number of hydrogen-bond donors (Lipinski definition) is 0. The van der Waals surface area contributed by atoms with E-state index >= 15 is 0 Å². The van der Waals surface area contributed by atoms with Crippen molar-refractivity contribution < 1.29 is 14.2 Å². The van der Waals surface area contributed by atoms with Crippen LogP contribution in [0.1, 0.15) is 16.7 Å². The van der Waals surface area contributed by atoms with Gasteiger partial charge in [0.05, 0.1) is 14.2 Å². The molecule has 128 valence electrons. The Balaban J connectivity index is 0.00000169. The van der Waals surface area contributed by atoms with E-state index in [4.69, 9.17) is 14.2 Å². The van der Waals surface area contributed by atoms with Gasteiger partial charge in [0.2, 0.25) is 0 Å². The Morgan fingerprint density at radius 2 is 1.75 bits per heavy atom. The minimum atomic E-state index is -0.342. The van der Waals surface area contributed by atoms with E-state index in [0.717, 1.165) is 36.8 Å². The standard InChI is InChI=1S/C19H21NO3.ClH/c1-20-11-14-8-17(21-2)18(22-3)9-15(14)19(12-20)10-13-6-4-5-7-16(13)23-19;/h4-9H,10-12H2,1-3H3;1H. The largest absolute Gasteiger partial charge is 0.493 e. The molecular formula is C19H22ClNO3. The second-order valence-corrected chi connectivity index (χ2v) is 6.42. The zero-order valence-electron chi connectivity index (χ0n) is 14.2. The van der Waals surface area contributed by atoms with Crippen LogP contribution in [0.5, 0.6) is 17.2 Å². The van der Waals surface area contributed by atoms with Gasteiger partial charge in [0.1, 0.15) is 5.75 Å². The molecule has 0 N–H and O–H groups in total. The summed E-state index contributed by atoms with van der Waals surface area (Å²) in [5, 5.41) is 0. The van der Waals surface area contributed by atoms with Crippen LogP contribution in [0, 0.1) is 0 Å². The van der Waals surface area contributed by atoms with Gasteiger partial charge in [-0.1, -0.05) is 18.2 Å². The van der Waals surface area contributed by atoms with Crippen molar-refractivity contribution in [1.29, 1.82) is 0 Å². The summed E-state index contributed by atoms with van der Waals surface area (Å²) in [5.74, 6) is 2.52. The van der Waals surface area contributed by atoms with Crippen LogP contribution in [0.15, 0.2) is 36.4 Å². The van der Waals surface area contributed by atoms with E-state index in [1.165, 1.54) is 16.7 Å². The molecule has 4 rings (SSSR count). The van der Waals surface area contributed by atoms with E-state index in [1.807, 2.05) is 6.07 Å². The van der Waals surface area contributed by atoms with Gasteiger partial charge in [-0.25, -0.2) is 0 Å². The topological polar surface area (TPSA) is 30.9 Å². The molecule has 5 heteroatoms. The van der Waals surface area contributed by atoms with Crippen molar-refractivity contribution in [3.63, 3.8) is 0 Å². The number of fused-ring (bicyclic) bond motifs is 3. The zero-order chi connectivity index (χ0) is 16.0. The summed E-state index contributed by atoms with van der Waals surface area (Å²) in [6.45, 7) is 1.75. The molecule has 0 saturated carbocycles. The van der Waals surface area contributed by atoms with Crippen molar-refractivity contribution in [2.24, 2.45) is 0 Å². The Morgan fingerprint density at radius 1 is 1.04 bits per heavy atom. The molecule has 0 aromatic heterocycles. The van der Waals surface area contributed by atoms with E-state index in [2.05, 4.69) is 42.3 Å². The first-order chi connectivity index (χ1) is 11.1. The van der Waals surface area contributed by atoms with Crippen LogP contribution < -0.4 is 14.2 Å². The second kappa shape index (κ2) is 6.19. The lowest BCUT2D eigenvalue weighted by Gasteiger charge is -2.40. The monoisotopic (exact) mass is 347 g/mol. The van der Waals surface area contributed by atoms with Crippen LogP contribution in [0.4, 0.5) is 0 Å². The Morgan fingerprint density at radius 3 is 2.46 bits per heavy atom. The van der Waals surface area contributed by atoms with E-state index in [-0.39, 0.29) is 18.0 Å². The van der Waals surface area contributed by atoms with Crippen molar-refractivity contribution in [2.75, 3.05) is 27.8 Å². The molecule has 0 saturated heterocycles. The maximum Gasteiger partial charge on any atom is 0.161 e. The van der Waals surface area contributed by atoms with Gasteiger partial charge in [-0.3, -0.25) is 4.90 Å². The molecule has 2 aromatic carbocycles. The first-order valence-corrected chi connectivity index (χ1v) is 7.86. The lowest BCUT2D eigenvalue weighted by molar-refractivity contribution is 0.0358. The third kappa shape index (κ3) is 2.50. The normalized spacial score (nSPS) is 21.5. The van der Waals surface area contributed by atoms with Gasteiger partial charge in [0, 0.05) is 25.1 Å². The highest BCUT2D eigenvalue weighted by molar-refractivity contribution is 5.85. The van der Waals surface area contributed by atoms with Gasteiger partial charge >= 0.3 is 0 Å². The third-order valence-corrected chi connectivity index (χ3v) is 4.82. The minimum Gasteiger partial charge on any atom is -0.493 e. The fourth-order valence-electron chi connectivity index (χ4n) is 3.89. The van der Waals surface area contributed by atoms with Crippen molar-refractivity contribution >= 4 is 12.4 Å². The average Bonchev–Trinajstić information content (AvgIpc) is 2.91. The Bertz CT molecular complexity index is 737. The summed E-state index contributed by atoms with van der Waals surface area (Å²) in [5.41, 5.74) is 3.38. The third-order valence-electron chi connectivity index (χ3n) is 4.82. The molecule has 0 aliphatic carbocycles. The molecule has 2 aromatic rings. The highest BCUT2D eigenvalue weighted by Crippen LogP contribution is 2.47. The van der Waals surface area contributed by atoms with Crippen LogP contribution in [0.3, 0.4) is 0 Å². The number of benzene rings is 2. The molecule has 1 unspecified atom stereocenters. The van der Waals surface area contributed by atoms with Gasteiger partial charge in [0.15, 0.2) is 17.1 Å². The van der Waals surface area contributed by atoms with Gasteiger partial charge in [-0.2, -0.15) is 0 Å². The van der Waals surface area contributed by atoms with Crippen LogP contribution in [-0.2, 0) is 18.6 Å². The predicted molar refractivity (Wildman–Crippen MR) is 95.6 cm³/mol. The van der Waals surface area contributed by atoms with E-state index in [0.29, 0.717) is 0 Å². The second-order valence-electron chi connectivity index (χ2n) is 6.42. The Labute approximate surface area is 148 Å². The van der Waals surface area contributed by atoms with Crippen molar-refractivity contribution in [2.45, 2.75) is 18.6 Å². The summed E-state index contributed by atoms with van der Waals surface area (Å²) >= 11 is 0. The molecule has 0 fully saturated rings. The summed E-state index contributed by atoms with van der Waals surface area (Å²) < 4.78 is 17.4. The lowest BCUT2D eigenvalue weighted by Crippen LogP contribution is -2.47. The predicted octanol–water partition coefficient (Wildman–Crippen LogP) is 3.40. The quantitative estimate of drug-likeness (QED) is 0.833. The maximum atomic E-state index is 6.47. The molecule has 2 aliphatic rings. The molecule has 2 heterocycles. The molecule has 1 atom stereocenters. The number of ether oxygens (including phenoxy) is 3. The van der Waals surface area contributed by atoms with Crippen LogP contribution in [0.25, 0.3) is 0 Å². The van der Waals surface area contributed by atoms with E-state index in [1.54, 1.807) is 14.2 Å². The number of nitrogens with zero attached hydrogens (tertiary/aromatic N) is 1. The summed E-state index contributed by atoms with van der Waals surface area (Å²) in [6.07, 6.45) is 0.885. The first-order valence-electron chi connectivity index (χ1n) is 7.86. The van der Waals surface area contributed by atoms with Gasteiger partial charge in [-0.15, -0.1) is 12.4 Å². The van der Waals surface area contributed by atoms with Crippen LogP contribution >= 0.6 is 12.4 Å². The number of hydrogen-bond acceptors (Lipinski definition) is 4. The Hall–Kier alpha value is -1.91. The van der Waals surface area contributed by atoms with E-state index in [9.17, 15) is 0 Å². The molecule has 0 amide bonds. The smallest absolute Gasteiger partial charge is 0.161 e. The molecule has 2 aliphatic heterocycles.